The van der Waals surface area contributed by atoms with Gasteiger partial charge in [-0.15, -0.1) is 0 Å². The van der Waals surface area contributed by atoms with Crippen molar-refractivity contribution in [1.82, 2.24) is 18.3 Å². The number of nitrogens with zero attached hydrogens (tertiary/aromatic N) is 4. The summed E-state index contributed by atoms with van der Waals surface area (Å²) in [6.07, 6.45) is 0. The summed E-state index contributed by atoms with van der Waals surface area (Å²) in [5, 5.41) is 10.3. The summed E-state index contributed by atoms with van der Waals surface area (Å²) in [6, 6.07) is 73.2. The molecule has 2 aliphatic heterocycles. The maximum atomic E-state index is 2.69. The smallest absolute Gasteiger partial charge is 0.252 e. The molecule has 0 atom stereocenters. The number of para-hydroxylation sites is 4. The second-order valence-corrected chi connectivity index (χ2v) is 27.8. The lowest BCUT2D eigenvalue weighted by Crippen LogP contribution is -2.59. The van der Waals surface area contributed by atoms with Gasteiger partial charge in [0.05, 0.1) is 44.5 Å². The van der Waals surface area contributed by atoms with Gasteiger partial charge in [0.25, 0.3) is 6.71 Å². The van der Waals surface area contributed by atoms with Crippen molar-refractivity contribution in [3.8, 4) is 33.9 Å². The zero-order valence-corrected chi connectivity index (χ0v) is 48.8. The van der Waals surface area contributed by atoms with Crippen LogP contribution >= 0.6 is 0 Å². The van der Waals surface area contributed by atoms with Crippen LogP contribution in [0.4, 0.5) is 0 Å². The van der Waals surface area contributed by atoms with E-state index in [4.69, 9.17) is 0 Å². The molecule has 0 radical (unpaired) electrons. The van der Waals surface area contributed by atoms with Crippen molar-refractivity contribution in [2.24, 2.45) is 0 Å². The molecule has 4 aromatic heterocycles. The van der Waals surface area contributed by atoms with Gasteiger partial charge >= 0.3 is 0 Å². The fourth-order valence-electron chi connectivity index (χ4n) is 14.6. The van der Waals surface area contributed by atoms with E-state index >= 15 is 0 Å². The molecule has 0 saturated heterocycles. The van der Waals surface area contributed by atoms with Gasteiger partial charge in [0.2, 0.25) is 0 Å². The van der Waals surface area contributed by atoms with Crippen LogP contribution in [-0.2, 0) is 21.7 Å². The first-order chi connectivity index (χ1) is 38.7. The molecule has 0 saturated carbocycles. The number of aromatic nitrogens is 4. The molecule has 0 aliphatic carbocycles. The largest absolute Gasteiger partial charge is 0.310 e. The Kier molecular flexibility index (Phi) is 9.62. The zero-order valence-electron chi connectivity index (χ0n) is 48.8. The summed E-state index contributed by atoms with van der Waals surface area (Å²) in [5.74, 6) is 0. The SMILES string of the molecule is CC(C)(C)c1ccc2c(c1)c1cc(C(C)(C)C)cc3c1n2-c1cc(-c2c(-n4c5ccccc5c5ccccc54)cccc2-n2c4ccccc4c4ccccc42)cc2c1B3c1cc(C(C)(C)C)cc3c4cc(C(C)(C)C)ccc4n-2c13. The molecule has 0 bridgehead atoms. The molecule has 2 aliphatic rings. The van der Waals surface area contributed by atoms with Crippen molar-refractivity contribution >= 4 is 110 Å². The Hall–Kier alpha value is -8.54. The van der Waals surface area contributed by atoms with E-state index in [-0.39, 0.29) is 28.4 Å². The minimum absolute atomic E-state index is 0.0346. The monoisotopic (exact) mass is 1050 g/mol. The zero-order chi connectivity index (χ0) is 55.6. The van der Waals surface area contributed by atoms with Crippen molar-refractivity contribution in [2.75, 3.05) is 0 Å². The Morgan fingerprint density at radius 1 is 0.272 bits per heavy atom. The fourth-order valence-corrected chi connectivity index (χ4v) is 14.6. The van der Waals surface area contributed by atoms with Crippen LogP contribution in [0.3, 0.4) is 0 Å². The second kappa shape index (κ2) is 16.1. The van der Waals surface area contributed by atoms with E-state index in [2.05, 4.69) is 289 Å². The van der Waals surface area contributed by atoms with Crippen LogP contribution in [0.1, 0.15) is 105 Å². The third kappa shape index (κ3) is 6.66. The van der Waals surface area contributed by atoms with Crippen molar-refractivity contribution < 1.29 is 0 Å². The van der Waals surface area contributed by atoms with Crippen LogP contribution in [0.5, 0.6) is 0 Å². The van der Waals surface area contributed by atoms with Crippen LogP contribution in [0.25, 0.3) is 121 Å². The Morgan fingerprint density at radius 3 is 0.963 bits per heavy atom. The van der Waals surface area contributed by atoms with E-state index in [0.29, 0.717) is 0 Å². The molecule has 0 N–H and O–H groups in total. The average Bonchev–Trinajstić information content (AvgIpc) is 4.34. The number of fused-ring (bicyclic) bond motifs is 16. The van der Waals surface area contributed by atoms with Crippen LogP contribution in [0.2, 0.25) is 0 Å². The lowest BCUT2D eigenvalue weighted by atomic mass is 9.33. The Balaban J connectivity index is 1.14. The minimum Gasteiger partial charge on any atom is -0.310 e. The summed E-state index contributed by atoms with van der Waals surface area (Å²) in [6.45, 7) is 28.4. The van der Waals surface area contributed by atoms with E-state index in [1.54, 1.807) is 0 Å². The summed E-state index contributed by atoms with van der Waals surface area (Å²) in [4.78, 5) is 0. The predicted molar refractivity (Wildman–Crippen MR) is 349 cm³/mol. The maximum absolute atomic E-state index is 2.69. The molecular formula is C76H67BN4. The molecule has 16 rings (SSSR count). The van der Waals surface area contributed by atoms with Crippen molar-refractivity contribution in [1.29, 1.82) is 0 Å². The van der Waals surface area contributed by atoms with Gasteiger partial charge in [-0.25, -0.2) is 0 Å². The van der Waals surface area contributed by atoms with Gasteiger partial charge in [-0.2, -0.15) is 0 Å². The van der Waals surface area contributed by atoms with E-state index < -0.39 is 0 Å². The highest BCUT2D eigenvalue weighted by atomic mass is 15.1. The summed E-state index contributed by atoms with van der Waals surface area (Å²) >= 11 is 0. The summed E-state index contributed by atoms with van der Waals surface area (Å²) in [5.41, 5.74) is 26.3. The normalized spacial score (nSPS) is 13.7. The van der Waals surface area contributed by atoms with E-state index in [1.165, 1.54) is 148 Å². The quantitative estimate of drug-likeness (QED) is 0.157. The van der Waals surface area contributed by atoms with Gasteiger partial charge in [-0.05, 0) is 151 Å². The topological polar surface area (TPSA) is 19.7 Å². The number of hydrogen-bond donors (Lipinski definition) is 0. The van der Waals surface area contributed by atoms with Crippen molar-refractivity contribution in [2.45, 2.75) is 105 Å². The van der Waals surface area contributed by atoms with Gasteiger partial charge in [0, 0.05) is 71.1 Å². The van der Waals surface area contributed by atoms with Gasteiger partial charge in [0.1, 0.15) is 0 Å². The highest BCUT2D eigenvalue weighted by Gasteiger charge is 2.43. The predicted octanol–water partition coefficient (Wildman–Crippen LogP) is 18.1. The first-order valence-corrected chi connectivity index (χ1v) is 29.3. The van der Waals surface area contributed by atoms with Gasteiger partial charge in [0.15, 0.2) is 0 Å². The molecule has 394 valence electrons. The standard InChI is InChI=1S/C76H67BN4/c1-73(2,3)45-32-34-63-53(38-45)55-40-47(75(7,8)9)42-57-71(55)80(63)67-36-44(37-68-70(67)77(57)58-43-48(76(10,11)12)41-56-54-39-46(74(4,5)6)33-35-64(54)81(68)72(56)58)69-65(78-59-26-17-13-22-49(59)50-23-14-18-27-60(50)78)30-21-31-66(69)79-61-28-19-15-24-51(61)52-25-16-20-29-62(52)79/h13-43H,1-12H3. The van der Waals surface area contributed by atoms with Crippen LogP contribution in [-0.4, -0.2) is 25.0 Å². The van der Waals surface area contributed by atoms with Crippen molar-refractivity contribution in [3.05, 3.63) is 210 Å². The van der Waals surface area contributed by atoms with Crippen LogP contribution < -0.4 is 16.4 Å². The highest BCUT2D eigenvalue weighted by Crippen LogP contribution is 2.48. The molecule has 0 spiro atoms. The molecule has 0 fully saturated rings. The number of rotatable bonds is 3. The Bertz CT molecular complexity index is 4680. The second-order valence-electron chi connectivity index (χ2n) is 27.8. The van der Waals surface area contributed by atoms with Gasteiger partial charge in [-0.1, -0.05) is 186 Å². The average molecular weight is 1050 g/mol. The van der Waals surface area contributed by atoms with Gasteiger partial charge in [-0.3, -0.25) is 0 Å². The summed E-state index contributed by atoms with van der Waals surface area (Å²) in [7, 11) is 0. The number of benzene rings is 10. The molecule has 6 heterocycles. The first kappa shape index (κ1) is 48.4. The lowest BCUT2D eigenvalue weighted by Gasteiger charge is -2.36. The molecule has 10 aromatic carbocycles. The third-order valence-electron chi connectivity index (χ3n) is 18.7. The molecule has 5 heteroatoms. The molecule has 0 amide bonds. The molecular weight excluding hydrogens is 980 g/mol. The van der Waals surface area contributed by atoms with Crippen molar-refractivity contribution in [3.63, 3.8) is 0 Å². The lowest BCUT2D eigenvalue weighted by molar-refractivity contribution is 0.590. The van der Waals surface area contributed by atoms with Crippen LogP contribution in [0, 0.1) is 0 Å². The fraction of sp³-hybridized carbons (Fsp3) is 0.211. The Morgan fingerprint density at radius 2 is 0.605 bits per heavy atom. The molecule has 14 aromatic rings. The highest BCUT2D eigenvalue weighted by molar-refractivity contribution is 7.00. The first-order valence-electron chi connectivity index (χ1n) is 29.3. The minimum atomic E-state index is -0.0943. The molecule has 4 nitrogen and oxygen atoms in total. The third-order valence-corrected chi connectivity index (χ3v) is 18.7. The summed E-state index contributed by atoms with van der Waals surface area (Å²) < 4.78 is 10.5. The van der Waals surface area contributed by atoms with Crippen LogP contribution in [0.15, 0.2) is 188 Å². The number of hydrogen-bond acceptors (Lipinski definition) is 0. The van der Waals surface area contributed by atoms with E-state index in [1.807, 2.05) is 0 Å². The van der Waals surface area contributed by atoms with E-state index in [0.717, 1.165) is 11.4 Å². The molecule has 0 unspecified atom stereocenters. The molecule has 81 heavy (non-hydrogen) atoms. The Labute approximate surface area is 474 Å². The van der Waals surface area contributed by atoms with E-state index in [9.17, 15) is 0 Å². The van der Waals surface area contributed by atoms with Gasteiger partial charge < -0.3 is 18.3 Å². The maximum Gasteiger partial charge on any atom is 0.252 e.